The molecule has 2 heteroatoms. The molecule has 0 bridgehead atoms. The van der Waals surface area contributed by atoms with E-state index in [9.17, 15) is 4.39 Å². The lowest BCUT2D eigenvalue weighted by molar-refractivity contribution is 0.552. The van der Waals surface area contributed by atoms with E-state index in [4.69, 9.17) is 0 Å². The van der Waals surface area contributed by atoms with Gasteiger partial charge in [-0.25, -0.2) is 4.39 Å². The van der Waals surface area contributed by atoms with Crippen molar-refractivity contribution in [3.05, 3.63) is 29.8 Å². The van der Waals surface area contributed by atoms with Crippen LogP contribution in [0.3, 0.4) is 0 Å². The Labute approximate surface area is 66.3 Å². The zero-order valence-corrected chi connectivity index (χ0v) is 7.06. The summed E-state index contributed by atoms with van der Waals surface area (Å²) in [5, 5.41) is 0. The average molecular weight is 153 g/mol. The van der Waals surface area contributed by atoms with Crippen molar-refractivity contribution in [1.29, 1.82) is 0 Å². The first kappa shape index (κ1) is 8.18. The van der Waals surface area contributed by atoms with E-state index in [-0.39, 0.29) is 11.2 Å². The summed E-state index contributed by atoms with van der Waals surface area (Å²) in [5.41, 5.74) is 0.722. The molecule has 0 unspecified atom stereocenters. The third-order valence-electron chi connectivity index (χ3n) is 1.49. The predicted molar refractivity (Wildman–Crippen MR) is 42.9 cm³/mol. The minimum Gasteiger partial charge on any atom is -0.261 e. The normalized spacial score (nSPS) is 11.6. The van der Waals surface area contributed by atoms with Gasteiger partial charge in [-0.1, -0.05) is 20.8 Å². The zero-order chi connectivity index (χ0) is 8.48. The molecule has 0 spiro atoms. The van der Waals surface area contributed by atoms with Crippen LogP contribution in [0, 0.1) is 5.82 Å². The smallest absolute Gasteiger partial charge is 0.126 e. The topological polar surface area (TPSA) is 12.9 Å². The fourth-order valence-electron chi connectivity index (χ4n) is 0.815. The molecule has 1 aromatic heterocycles. The van der Waals surface area contributed by atoms with Crippen molar-refractivity contribution in [2.75, 3.05) is 0 Å². The van der Waals surface area contributed by atoms with Crippen LogP contribution in [0.4, 0.5) is 4.39 Å². The van der Waals surface area contributed by atoms with Crippen molar-refractivity contribution in [2.45, 2.75) is 26.2 Å². The third-order valence-corrected chi connectivity index (χ3v) is 1.49. The molecule has 11 heavy (non-hydrogen) atoms. The largest absolute Gasteiger partial charge is 0.261 e. The lowest BCUT2D eigenvalue weighted by Gasteiger charge is -2.16. The summed E-state index contributed by atoms with van der Waals surface area (Å²) in [6.45, 7) is 6.03. The molecular weight excluding hydrogens is 141 g/mol. The van der Waals surface area contributed by atoms with Crippen molar-refractivity contribution in [2.24, 2.45) is 0 Å². The van der Waals surface area contributed by atoms with Gasteiger partial charge in [-0.2, -0.15) is 0 Å². The van der Waals surface area contributed by atoms with Crippen LogP contribution in [0.25, 0.3) is 0 Å². The summed E-state index contributed by atoms with van der Waals surface area (Å²) in [6.07, 6.45) is 1.50. The highest BCUT2D eigenvalue weighted by Crippen LogP contribution is 2.19. The van der Waals surface area contributed by atoms with Crippen LogP contribution in [0.15, 0.2) is 18.3 Å². The van der Waals surface area contributed by atoms with Crippen molar-refractivity contribution in [3.8, 4) is 0 Å². The number of aromatic nitrogens is 1. The van der Waals surface area contributed by atoms with Crippen LogP contribution >= 0.6 is 0 Å². The summed E-state index contributed by atoms with van der Waals surface area (Å²) in [5.74, 6) is -0.218. The molecule has 0 saturated heterocycles. The monoisotopic (exact) mass is 153 g/mol. The summed E-state index contributed by atoms with van der Waals surface area (Å²) in [6, 6.07) is 2.83. The Kier molecular flexibility index (Phi) is 1.94. The summed E-state index contributed by atoms with van der Waals surface area (Å²) in [7, 11) is 0. The summed E-state index contributed by atoms with van der Waals surface area (Å²) in [4.78, 5) is 4.07. The molecule has 0 aliphatic heterocycles. The Morgan fingerprint density at radius 1 is 1.36 bits per heavy atom. The SMILES string of the molecule is CC(C)(C)c1cc(F)ccn1. The highest BCUT2D eigenvalue weighted by Gasteiger charge is 2.14. The number of hydrogen-bond acceptors (Lipinski definition) is 1. The summed E-state index contributed by atoms with van der Waals surface area (Å²) >= 11 is 0. The van der Waals surface area contributed by atoms with Gasteiger partial charge in [0.05, 0.1) is 0 Å². The second kappa shape index (κ2) is 2.61. The van der Waals surface area contributed by atoms with E-state index < -0.39 is 0 Å². The molecule has 1 heterocycles. The van der Waals surface area contributed by atoms with E-state index in [1.807, 2.05) is 20.8 Å². The molecular formula is C9H12FN. The second-order valence-electron chi connectivity index (χ2n) is 3.61. The fourth-order valence-corrected chi connectivity index (χ4v) is 0.815. The third kappa shape index (κ3) is 2.00. The van der Waals surface area contributed by atoms with E-state index in [2.05, 4.69) is 4.98 Å². The molecule has 0 radical (unpaired) electrons. The molecule has 1 aromatic rings. The Bertz CT molecular complexity index is 250. The van der Waals surface area contributed by atoms with Gasteiger partial charge in [-0.05, 0) is 12.1 Å². The first-order valence-electron chi connectivity index (χ1n) is 3.62. The summed E-state index contributed by atoms with van der Waals surface area (Å²) < 4.78 is 12.7. The van der Waals surface area contributed by atoms with Gasteiger partial charge in [0, 0.05) is 17.3 Å². The van der Waals surface area contributed by atoms with E-state index in [0.717, 1.165) is 5.69 Å². The Balaban J connectivity index is 3.06. The highest BCUT2D eigenvalue weighted by atomic mass is 19.1. The zero-order valence-electron chi connectivity index (χ0n) is 7.06. The van der Waals surface area contributed by atoms with E-state index in [0.29, 0.717) is 0 Å². The molecule has 0 aromatic carbocycles. The standard InChI is InChI=1S/C9H12FN/c1-9(2,3)8-6-7(10)4-5-11-8/h4-6H,1-3H3. The van der Waals surface area contributed by atoms with Gasteiger partial charge in [0.1, 0.15) is 5.82 Å². The van der Waals surface area contributed by atoms with Gasteiger partial charge in [-0.15, -0.1) is 0 Å². The average Bonchev–Trinajstić information content (AvgIpc) is 1.86. The predicted octanol–water partition coefficient (Wildman–Crippen LogP) is 2.52. The quantitative estimate of drug-likeness (QED) is 0.558. The molecule has 1 nitrogen and oxygen atoms in total. The lowest BCUT2D eigenvalue weighted by atomic mass is 9.92. The first-order chi connectivity index (χ1) is 5.00. The number of pyridine rings is 1. The van der Waals surface area contributed by atoms with Crippen LogP contribution in [0.1, 0.15) is 26.5 Å². The van der Waals surface area contributed by atoms with Gasteiger partial charge in [0.2, 0.25) is 0 Å². The molecule has 0 N–H and O–H groups in total. The van der Waals surface area contributed by atoms with Crippen LogP contribution in [0.2, 0.25) is 0 Å². The maximum absolute atomic E-state index is 12.7. The molecule has 0 aliphatic rings. The van der Waals surface area contributed by atoms with E-state index >= 15 is 0 Å². The van der Waals surface area contributed by atoms with Gasteiger partial charge in [0.25, 0.3) is 0 Å². The molecule has 1 rings (SSSR count). The molecule has 0 amide bonds. The second-order valence-corrected chi connectivity index (χ2v) is 3.61. The maximum Gasteiger partial charge on any atom is 0.126 e. The minimum atomic E-state index is -0.218. The van der Waals surface area contributed by atoms with Crippen LogP contribution in [-0.4, -0.2) is 4.98 Å². The Morgan fingerprint density at radius 2 is 2.00 bits per heavy atom. The Morgan fingerprint density at radius 3 is 2.36 bits per heavy atom. The van der Waals surface area contributed by atoms with Crippen LogP contribution < -0.4 is 0 Å². The van der Waals surface area contributed by atoms with E-state index in [1.165, 1.54) is 18.3 Å². The van der Waals surface area contributed by atoms with Crippen molar-refractivity contribution in [1.82, 2.24) is 4.98 Å². The molecule has 0 aliphatic carbocycles. The van der Waals surface area contributed by atoms with Crippen LogP contribution in [-0.2, 0) is 5.41 Å². The van der Waals surface area contributed by atoms with Gasteiger partial charge >= 0.3 is 0 Å². The van der Waals surface area contributed by atoms with Crippen molar-refractivity contribution >= 4 is 0 Å². The number of halogens is 1. The number of hydrogen-bond donors (Lipinski definition) is 0. The lowest BCUT2D eigenvalue weighted by Crippen LogP contribution is -2.13. The van der Waals surface area contributed by atoms with Gasteiger partial charge in [0.15, 0.2) is 0 Å². The molecule has 0 saturated carbocycles. The van der Waals surface area contributed by atoms with Gasteiger partial charge < -0.3 is 0 Å². The van der Waals surface area contributed by atoms with Gasteiger partial charge in [-0.3, -0.25) is 4.98 Å². The first-order valence-corrected chi connectivity index (χ1v) is 3.62. The number of rotatable bonds is 0. The van der Waals surface area contributed by atoms with Crippen molar-refractivity contribution < 1.29 is 4.39 Å². The number of nitrogens with zero attached hydrogens (tertiary/aromatic N) is 1. The molecule has 0 fully saturated rings. The minimum absolute atomic E-state index is 0.0674. The van der Waals surface area contributed by atoms with Crippen LogP contribution in [0.5, 0.6) is 0 Å². The molecule has 0 atom stereocenters. The molecule has 60 valence electrons. The van der Waals surface area contributed by atoms with Crippen molar-refractivity contribution in [3.63, 3.8) is 0 Å². The fraction of sp³-hybridized carbons (Fsp3) is 0.444. The van der Waals surface area contributed by atoms with E-state index in [1.54, 1.807) is 0 Å². The maximum atomic E-state index is 12.7. The Hall–Kier alpha value is -0.920. The highest BCUT2D eigenvalue weighted by molar-refractivity contribution is 5.13.